The van der Waals surface area contributed by atoms with Crippen molar-refractivity contribution >= 4 is 11.6 Å². The third kappa shape index (κ3) is 1.92. The van der Waals surface area contributed by atoms with E-state index in [1.807, 2.05) is 18.2 Å². The summed E-state index contributed by atoms with van der Waals surface area (Å²) >= 11 is 5.87. The van der Waals surface area contributed by atoms with Crippen molar-refractivity contribution in [3.8, 4) is 0 Å². The smallest absolute Gasteiger partial charge is 0.0685 e. The normalized spacial score (nSPS) is 21.4. The summed E-state index contributed by atoms with van der Waals surface area (Å²) in [7, 11) is 0. The van der Waals surface area contributed by atoms with Crippen LogP contribution in [0.1, 0.15) is 30.0 Å². The first-order chi connectivity index (χ1) is 6.81. The number of nitrogens with one attached hydrogen (secondary N) is 1. The second-order valence-electron chi connectivity index (χ2n) is 3.65. The Morgan fingerprint density at radius 3 is 3.00 bits per heavy atom. The molecule has 1 fully saturated rings. The monoisotopic (exact) mass is 211 g/mol. The molecule has 1 aliphatic rings. The lowest BCUT2D eigenvalue weighted by Gasteiger charge is -2.14. The van der Waals surface area contributed by atoms with E-state index in [4.69, 9.17) is 11.6 Å². The summed E-state index contributed by atoms with van der Waals surface area (Å²) in [5.74, 6) is 0. The van der Waals surface area contributed by atoms with Gasteiger partial charge in [0.1, 0.15) is 0 Å². The zero-order valence-corrected chi connectivity index (χ0v) is 8.72. The van der Waals surface area contributed by atoms with Gasteiger partial charge in [-0.1, -0.05) is 17.7 Å². The molecular weight excluding hydrogens is 198 g/mol. The molecule has 1 atom stereocenters. The van der Waals surface area contributed by atoms with E-state index in [0.717, 1.165) is 18.5 Å². The number of hydrogen-bond acceptors (Lipinski definition) is 2. The van der Waals surface area contributed by atoms with Crippen molar-refractivity contribution in [3.05, 3.63) is 34.3 Å². The van der Waals surface area contributed by atoms with Gasteiger partial charge in [-0.3, -0.25) is 0 Å². The topological polar surface area (TPSA) is 32.3 Å². The van der Waals surface area contributed by atoms with Gasteiger partial charge in [0.15, 0.2) is 0 Å². The molecule has 1 aromatic carbocycles. The molecule has 0 amide bonds. The van der Waals surface area contributed by atoms with Crippen LogP contribution < -0.4 is 5.32 Å². The molecule has 0 radical (unpaired) electrons. The van der Waals surface area contributed by atoms with Gasteiger partial charge in [-0.15, -0.1) is 0 Å². The second kappa shape index (κ2) is 4.30. The Hall–Kier alpha value is -0.570. The van der Waals surface area contributed by atoms with E-state index in [1.165, 1.54) is 12.0 Å². The minimum Gasteiger partial charge on any atom is -0.392 e. The number of aliphatic hydroxyl groups is 1. The highest BCUT2D eigenvalue weighted by molar-refractivity contribution is 6.30. The Kier molecular flexibility index (Phi) is 3.06. The predicted molar refractivity (Wildman–Crippen MR) is 57.4 cm³/mol. The molecule has 0 unspecified atom stereocenters. The fourth-order valence-corrected chi connectivity index (χ4v) is 2.20. The lowest BCUT2D eigenvalue weighted by atomic mass is 10.00. The fourth-order valence-electron chi connectivity index (χ4n) is 2.00. The minimum atomic E-state index is 0.0636. The molecule has 3 heteroatoms. The number of hydrogen-bond donors (Lipinski definition) is 2. The van der Waals surface area contributed by atoms with Crippen LogP contribution in [0.5, 0.6) is 0 Å². The number of halogens is 1. The Balaban J connectivity index is 2.31. The average molecular weight is 212 g/mol. The quantitative estimate of drug-likeness (QED) is 0.787. The lowest BCUT2D eigenvalue weighted by molar-refractivity contribution is 0.279. The van der Waals surface area contributed by atoms with Crippen molar-refractivity contribution in [2.75, 3.05) is 6.54 Å². The van der Waals surface area contributed by atoms with Gasteiger partial charge in [0.25, 0.3) is 0 Å². The van der Waals surface area contributed by atoms with Crippen LogP contribution in [-0.2, 0) is 6.61 Å². The van der Waals surface area contributed by atoms with Crippen LogP contribution in [-0.4, -0.2) is 11.7 Å². The van der Waals surface area contributed by atoms with Gasteiger partial charge < -0.3 is 10.4 Å². The summed E-state index contributed by atoms with van der Waals surface area (Å²) < 4.78 is 0. The summed E-state index contributed by atoms with van der Waals surface area (Å²) in [5.41, 5.74) is 2.13. The first kappa shape index (κ1) is 9.97. The maximum absolute atomic E-state index is 9.22. The van der Waals surface area contributed by atoms with E-state index in [9.17, 15) is 5.11 Å². The fraction of sp³-hybridized carbons (Fsp3) is 0.455. The molecule has 0 aliphatic carbocycles. The number of aliphatic hydroxyl groups excluding tert-OH is 1. The van der Waals surface area contributed by atoms with Crippen molar-refractivity contribution < 1.29 is 5.11 Å². The lowest BCUT2D eigenvalue weighted by Crippen LogP contribution is -2.14. The molecule has 2 nitrogen and oxygen atoms in total. The van der Waals surface area contributed by atoms with Crippen molar-refractivity contribution in [2.24, 2.45) is 0 Å². The highest BCUT2D eigenvalue weighted by atomic mass is 35.5. The molecule has 1 aliphatic heterocycles. The van der Waals surface area contributed by atoms with Crippen LogP contribution in [0.2, 0.25) is 5.02 Å². The molecule has 0 spiro atoms. The van der Waals surface area contributed by atoms with Crippen LogP contribution in [0, 0.1) is 0 Å². The maximum Gasteiger partial charge on any atom is 0.0685 e. The zero-order valence-electron chi connectivity index (χ0n) is 7.96. The summed E-state index contributed by atoms with van der Waals surface area (Å²) in [6.45, 7) is 1.13. The Bertz CT molecular complexity index is 321. The molecule has 1 saturated heterocycles. The minimum absolute atomic E-state index is 0.0636. The predicted octanol–water partition coefficient (Wildman–Crippen LogP) is 2.26. The second-order valence-corrected chi connectivity index (χ2v) is 4.09. The zero-order chi connectivity index (χ0) is 9.97. The van der Waals surface area contributed by atoms with Crippen LogP contribution in [0.3, 0.4) is 0 Å². The molecule has 1 aromatic rings. The van der Waals surface area contributed by atoms with E-state index >= 15 is 0 Å². The van der Waals surface area contributed by atoms with Crippen molar-refractivity contribution in [1.82, 2.24) is 5.32 Å². The molecule has 2 N–H and O–H groups in total. The Morgan fingerprint density at radius 2 is 2.36 bits per heavy atom. The molecule has 76 valence electrons. The van der Waals surface area contributed by atoms with Gasteiger partial charge in [0, 0.05) is 11.1 Å². The van der Waals surface area contributed by atoms with Gasteiger partial charge in [-0.2, -0.15) is 0 Å². The largest absolute Gasteiger partial charge is 0.392 e. The van der Waals surface area contributed by atoms with Crippen LogP contribution >= 0.6 is 11.6 Å². The molecule has 14 heavy (non-hydrogen) atoms. The highest BCUT2D eigenvalue weighted by Crippen LogP contribution is 2.27. The third-order valence-corrected chi connectivity index (χ3v) is 2.95. The van der Waals surface area contributed by atoms with Crippen molar-refractivity contribution in [3.63, 3.8) is 0 Å². The molecule has 0 saturated carbocycles. The summed E-state index contributed by atoms with van der Waals surface area (Å²) in [5, 5.41) is 13.3. The van der Waals surface area contributed by atoms with E-state index in [-0.39, 0.29) is 6.61 Å². The first-order valence-corrected chi connectivity index (χ1v) is 5.31. The number of benzene rings is 1. The SMILES string of the molecule is OCc1cc(Cl)ccc1[C@@H]1CCCN1. The van der Waals surface area contributed by atoms with Crippen molar-refractivity contribution in [2.45, 2.75) is 25.5 Å². The van der Waals surface area contributed by atoms with E-state index < -0.39 is 0 Å². The molecule has 0 aromatic heterocycles. The van der Waals surface area contributed by atoms with Crippen molar-refractivity contribution in [1.29, 1.82) is 0 Å². The van der Waals surface area contributed by atoms with Gasteiger partial charge in [-0.25, -0.2) is 0 Å². The summed E-state index contributed by atoms with van der Waals surface area (Å²) in [4.78, 5) is 0. The Labute approximate surface area is 88.9 Å². The van der Waals surface area contributed by atoms with Gasteiger partial charge in [-0.05, 0) is 42.6 Å². The standard InChI is InChI=1S/C11H14ClNO/c12-9-3-4-10(8(6-9)7-14)11-2-1-5-13-11/h3-4,6,11,13-14H,1-2,5,7H2/t11-/m0/s1. The molecule has 0 bridgehead atoms. The number of rotatable bonds is 2. The van der Waals surface area contributed by atoms with Crippen LogP contribution in [0.25, 0.3) is 0 Å². The van der Waals surface area contributed by atoms with Gasteiger partial charge >= 0.3 is 0 Å². The van der Waals surface area contributed by atoms with Crippen LogP contribution in [0.15, 0.2) is 18.2 Å². The third-order valence-electron chi connectivity index (χ3n) is 2.71. The summed E-state index contributed by atoms with van der Waals surface area (Å²) in [6, 6.07) is 6.14. The summed E-state index contributed by atoms with van der Waals surface area (Å²) in [6.07, 6.45) is 2.35. The first-order valence-electron chi connectivity index (χ1n) is 4.94. The Morgan fingerprint density at radius 1 is 1.50 bits per heavy atom. The van der Waals surface area contributed by atoms with Gasteiger partial charge in [0.2, 0.25) is 0 Å². The van der Waals surface area contributed by atoms with E-state index in [2.05, 4.69) is 5.32 Å². The van der Waals surface area contributed by atoms with Crippen LogP contribution in [0.4, 0.5) is 0 Å². The van der Waals surface area contributed by atoms with Gasteiger partial charge in [0.05, 0.1) is 6.61 Å². The highest BCUT2D eigenvalue weighted by Gasteiger charge is 2.18. The van der Waals surface area contributed by atoms with E-state index in [0.29, 0.717) is 11.1 Å². The molecular formula is C11H14ClNO. The maximum atomic E-state index is 9.22. The molecule has 1 heterocycles. The van der Waals surface area contributed by atoms with E-state index in [1.54, 1.807) is 0 Å². The molecule has 2 rings (SSSR count). The average Bonchev–Trinajstić information content (AvgIpc) is 2.70.